The van der Waals surface area contributed by atoms with E-state index in [9.17, 15) is 4.79 Å². The van der Waals surface area contributed by atoms with E-state index in [0.29, 0.717) is 17.2 Å². The zero-order chi connectivity index (χ0) is 22.6. The van der Waals surface area contributed by atoms with E-state index < -0.39 is 5.85 Å². The van der Waals surface area contributed by atoms with Gasteiger partial charge in [0.15, 0.2) is 0 Å². The molecule has 0 bridgehead atoms. The summed E-state index contributed by atoms with van der Waals surface area (Å²) in [5.74, 6) is -0.536. The van der Waals surface area contributed by atoms with Gasteiger partial charge in [-0.15, -0.1) is 0 Å². The van der Waals surface area contributed by atoms with Crippen molar-refractivity contribution in [2.75, 3.05) is 0 Å². The van der Waals surface area contributed by atoms with Gasteiger partial charge in [0.05, 0.1) is 16.7 Å². The Kier molecular flexibility index (Phi) is 5.01. The number of rotatable bonds is 2. The minimum atomic E-state index is -1.23. The van der Waals surface area contributed by atoms with Gasteiger partial charge in [-0.1, -0.05) is 70.0 Å². The summed E-state index contributed by atoms with van der Waals surface area (Å²) in [5, 5.41) is 10.4. The van der Waals surface area contributed by atoms with Crippen LogP contribution in [-0.4, -0.2) is 21.8 Å². The molecule has 8 heteroatoms. The third kappa shape index (κ3) is 3.55. The van der Waals surface area contributed by atoms with Crippen molar-refractivity contribution in [1.29, 1.82) is 0 Å². The van der Waals surface area contributed by atoms with Crippen LogP contribution in [0.25, 0.3) is 6.08 Å². The highest BCUT2D eigenvalue weighted by molar-refractivity contribution is 9.10. The molecule has 5 nitrogen and oxygen atoms in total. The molecule has 2 atom stereocenters. The van der Waals surface area contributed by atoms with Crippen molar-refractivity contribution in [3.63, 3.8) is 0 Å². The summed E-state index contributed by atoms with van der Waals surface area (Å²) >= 11 is 10.9. The summed E-state index contributed by atoms with van der Waals surface area (Å²) in [4.78, 5) is 13.4. The van der Waals surface area contributed by atoms with Crippen LogP contribution in [0.3, 0.4) is 0 Å². The van der Waals surface area contributed by atoms with Crippen LogP contribution in [0, 0.1) is 0 Å². The Bertz CT molecular complexity index is 1330. The van der Waals surface area contributed by atoms with Crippen molar-refractivity contribution in [2.24, 2.45) is 5.10 Å². The number of ether oxygens (including phenoxy) is 1. The average Bonchev–Trinajstić information content (AvgIpc) is 3.40. The van der Waals surface area contributed by atoms with Gasteiger partial charge in [0.1, 0.15) is 5.75 Å². The van der Waals surface area contributed by atoms with Crippen molar-refractivity contribution in [1.82, 2.24) is 10.3 Å². The summed E-state index contributed by atoms with van der Waals surface area (Å²) in [5.41, 5.74) is 3.90. The maximum absolute atomic E-state index is 12.7. The third-order valence-corrected chi connectivity index (χ3v) is 7.57. The lowest BCUT2D eigenvalue weighted by atomic mass is 9.95. The van der Waals surface area contributed by atoms with Gasteiger partial charge in [-0.3, -0.25) is 10.1 Å². The first-order chi connectivity index (χ1) is 16.0. The molecular weight excluding hydrogens is 522 g/mol. The molecule has 1 spiro atoms. The lowest BCUT2D eigenvalue weighted by molar-refractivity contribution is -0.0949. The van der Waals surface area contributed by atoms with E-state index in [0.717, 1.165) is 43.5 Å². The van der Waals surface area contributed by atoms with E-state index in [1.807, 2.05) is 77.8 Å². The quantitative estimate of drug-likeness (QED) is 0.390. The zero-order valence-electron chi connectivity index (χ0n) is 17.2. The highest BCUT2D eigenvalue weighted by Gasteiger charge is 2.58. The number of carbonyl (C=O) groups is 1. The lowest BCUT2D eigenvalue weighted by Crippen LogP contribution is -2.61. The monoisotopic (exact) mass is 537 g/mol. The van der Waals surface area contributed by atoms with Gasteiger partial charge in [0, 0.05) is 21.5 Å². The molecule has 3 aromatic rings. The van der Waals surface area contributed by atoms with Crippen LogP contribution in [0.1, 0.15) is 29.2 Å². The number of hydrogen-bond acceptors (Lipinski definition) is 5. The summed E-state index contributed by atoms with van der Waals surface area (Å²) in [7, 11) is 0. The molecule has 3 aromatic carbocycles. The fourth-order valence-corrected chi connectivity index (χ4v) is 5.76. The summed E-state index contributed by atoms with van der Waals surface area (Å²) in [6, 6.07) is 23.5. The smallest absolute Gasteiger partial charge is 0.314 e. The highest BCUT2D eigenvalue weighted by atomic mass is 79.9. The molecule has 3 heterocycles. The molecule has 0 aliphatic carbocycles. The Labute approximate surface area is 208 Å². The van der Waals surface area contributed by atoms with E-state index in [1.165, 1.54) is 0 Å². The Balaban J connectivity index is 1.52. The summed E-state index contributed by atoms with van der Waals surface area (Å²) in [6.07, 6.45) is 2.65. The number of nitrogens with one attached hydrogen (secondary N) is 1. The molecule has 0 radical (unpaired) electrons. The van der Waals surface area contributed by atoms with Crippen molar-refractivity contribution < 1.29 is 9.53 Å². The van der Waals surface area contributed by atoms with Crippen LogP contribution in [-0.2, 0) is 0 Å². The SMILES string of the molecule is O=C1NC2(Oc3ccc(Cl)cc3C3CC(c4ccccc4)=NN32)/C(=C/c2ccc(Br)cc2)S1. The van der Waals surface area contributed by atoms with Crippen LogP contribution >= 0.6 is 39.3 Å². The van der Waals surface area contributed by atoms with Gasteiger partial charge >= 0.3 is 5.85 Å². The van der Waals surface area contributed by atoms with Gasteiger partial charge in [0.2, 0.25) is 0 Å². The van der Waals surface area contributed by atoms with Gasteiger partial charge < -0.3 is 4.74 Å². The second-order valence-electron chi connectivity index (χ2n) is 7.98. The van der Waals surface area contributed by atoms with E-state index in [4.69, 9.17) is 21.4 Å². The van der Waals surface area contributed by atoms with Crippen molar-refractivity contribution >= 4 is 56.3 Å². The van der Waals surface area contributed by atoms with Crippen LogP contribution < -0.4 is 10.1 Å². The van der Waals surface area contributed by atoms with Crippen LogP contribution in [0.4, 0.5) is 4.79 Å². The molecule has 3 aliphatic rings. The number of fused-ring (bicyclic) bond motifs is 4. The molecule has 1 saturated heterocycles. The summed E-state index contributed by atoms with van der Waals surface area (Å²) < 4.78 is 7.53. The maximum atomic E-state index is 12.7. The second-order valence-corrected chi connectivity index (χ2v) is 10.3. The molecule has 164 valence electrons. The zero-order valence-corrected chi connectivity index (χ0v) is 20.3. The Morgan fingerprint density at radius 2 is 1.94 bits per heavy atom. The molecule has 6 rings (SSSR count). The highest BCUT2D eigenvalue weighted by Crippen LogP contribution is 2.53. The maximum Gasteiger partial charge on any atom is 0.314 e. The Morgan fingerprint density at radius 3 is 2.73 bits per heavy atom. The average molecular weight is 539 g/mol. The lowest BCUT2D eigenvalue weighted by Gasteiger charge is -2.45. The number of hydrazone groups is 1. The minimum Gasteiger partial charge on any atom is -0.444 e. The summed E-state index contributed by atoms with van der Waals surface area (Å²) in [6.45, 7) is 0. The minimum absolute atomic E-state index is 0.130. The van der Waals surface area contributed by atoms with E-state index in [-0.39, 0.29) is 11.3 Å². The first-order valence-electron chi connectivity index (χ1n) is 10.4. The fourth-order valence-electron chi connectivity index (χ4n) is 4.40. The van der Waals surface area contributed by atoms with Crippen molar-refractivity contribution in [3.05, 3.63) is 104 Å². The van der Waals surface area contributed by atoms with Gasteiger partial charge in [-0.25, -0.2) is 5.01 Å². The molecule has 1 amide bonds. The number of hydrogen-bond donors (Lipinski definition) is 1. The molecule has 3 aliphatic heterocycles. The molecule has 33 heavy (non-hydrogen) atoms. The molecule has 0 aromatic heterocycles. The van der Waals surface area contributed by atoms with Crippen molar-refractivity contribution in [3.8, 4) is 5.75 Å². The first-order valence-corrected chi connectivity index (χ1v) is 12.4. The largest absolute Gasteiger partial charge is 0.444 e. The third-order valence-electron chi connectivity index (χ3n) is 5.90. The molecule has 1 N–H and O–H groups in total. The number of carbonyl (C=O) groups excluding carboxylic acids is 1. The predicted molar refractivity (Wildman–Crippen MR) is 135 cm³/mol. The molecule has 1 fully saturated rings. The number of nitrogens with zero attached hydrogens (tertiary/aromatic N) is 2. The van der Waals surface area contributed by atoms with E-state index in [1.54, 1.807) is 6.07 Å². The number of thioether (sulfide) groups is 1. The first kappa shape index (κ1) is 20.8. The van der Waals surface area contributed by atoms with Gasteiger partial charge in [-0.2, -0.15) is 5.10 Å². The van der Waals surface area contributed by atoms with Crippen molar-refractivity contribution in [2.45, 2.75) is 18.3 Å². The molecule has 0 saturated carbocycles. The van der Waals surface area contributed by atoms with Crippen LogP contribution in [0.5, 0.6) is 5.75 Å². The van der Waals surface area contributed by atoms with Gasteiger partial charge in [-0.05, 0) is 59.3 Å². The van der Waals surface area contributed by atoms with Crippen LogP contribution in [0.15, 0.2) is 87.3 Å². The standard InChI is InChI=1S/C25H17BrClN3O2S/c26-17-8-6-15(7-9-17)12-23-25(28-24(31)33-23)30-21(19-13-18(27)10-11-22(19)32-25)14-20(29-30)16-4-2-1-3-5-16/h1-13,21H,14H2,(H,28,31)/b23-12-. The molecule has 2 unspecified atom stereocenters. The fraction of sp³-hybridized carbons (Fsp3) is 0.120. The Hall–Kier alpha value is -2.74. The number of amides is 1. The topological polar surface area (TPSA) is 53.9 Å². The Morgan fingerprint density at radius 1 is 1.15 bits per heavy atom. The molecular formula is C25H17BrClN3O2S. The van der Waals surface area contributed by atoms with E-state index >= 15 is 0 Å². The normalized spacial score (nSPS) is 24.4. The van der Waals surface area contributed by atoms with Crippen LogP contribution in [0.2, 0.25) is 5.02 Å². The number of benzene rings is 3. The van der Waals surface area contributed by atoms with Gasteiger partial charge in [0.25, 0.3) is 5.24 Å². The number of halogens is 2. The van der Waals surface area contributed by atoms with E-state index in [2.05, 4.69) is 21.2 Å². The second kappa shape index (κ2) is 7.94. The predicted octanol–water partition coefficient (Wildman–Crippen LogP) is 6.80.